The maximum absolute atomic E-state index is 12.4. The first-order valence-electron chi connectivity index (χ1n) is 10.1. The normalized spacial score (nSPS) is 10.7. The molecule has 4 rings (SSSR count). The molecule has 8 heteroatoms. The van der Waals surface area contributed by atoms with Gasteiger partial charge in [0.1, 0.15) is 5.75 Å². The molecule has 0 saturated carbocycles. The van der Waals surface area contributed by atoms with Gasteiger partial charge in [-0.3, -0.25) is 0 Å². The van der Waals surface area contributed by atoms with Crippen molar-refractivity contribution in [2.75, 3.05) is 4.55 Å². The number of nitrogens with zero attached hydrogens (tertiary/aromatic N) is 1. The first-order valence-corrected chi connectivity index (χ1v) is 12.5. The average molecular weight is 554 g/mol. The van der Waals surface area contributed by atoms with Gasteiger partial charge in [-0.25, -0.2) is 0 Å². The van der Waals surface area contributed by atoms with E-state index in [-0.39, 0.29) is 11.7 Å². The van der Waals surface area contributed by atoms with Gasteiger partial charge in [-0.2, -0.15) is 0 Å². The fraction of sp³-hybridized carbons (Fsp3) is 0.0800. The van der Waals surface area contributed by atoms with Gasteiger partial charge in [0.05, 0.1) is 0 Å². The number of alkyl halides is 1. The average Bonchev–Trinajstić information content (AvgIpc) is 2.84. The number of hydrogen-bond donors (Lipinski definition) is 3. The molecular formula is C25H21IN3O4-. The number of amides is 1. The number of aromatic amines is 1. The van der Waals surface area contributed by atoms with Crippen molar-refractivity contribution < 1.29 is 34.6 Å². The Bertz CT molecular complexity index is 1320. The molecule has 3 aromatic carbocycles. The van der Waals surface area contributed by atoms with E-state index in [1.54, 1.807) is 55.5 Å². The molecule has 33 heavy (non-hydrogen) atoms. The number of benzene rings is 3. The number of halogens is 1. The minimum absolute atomic E-state index is 0.179. The predicted molar refractivity (Wildman–Crippen MR) is 122 cm³/mol. The number of phenols is 1. The predicted octanol–water partition coefficient (Wildman–Crippen LogP) is 0.888. The van der Waals surface area contributed by atoms with Gasteiger partial charge in [-0.1, -0.05) is 0 Å². The van der Waals surface area contributed by atoms with Crippen molar-refractivity contribution in [3.05, 3.63) is 100 Å². The number of H-pyrrole nitrogens is 1. The van der Waals surface area contributed by atoms with Gasteiger partial charge >= 0.3 is 172 Å². The summed E-state index contributed by atoms with van der Waals surface area (Å²) in [5.41, 5.74) is 3.32. The number of phenolic OH excluding ortho intramolecular Hbond substituents is 1. The molecule has 1 amide bonds. The third kappa shape index (κ3) is 5.78. The van der Waals surface area contributed by atoms with Crippen LogP contribution >= 0.6 is 0 Å². The van der Waals surface area contributed by atoms with Crippen molar-refractivity contribution in [3.8, 4) is 34.0 Å². The Morgan fingerprint density at radius 1 is 1.03 bits per heavy atom. The van der Waals surface area contributed by atoms with Crippen LogP contribution in [0.2, 0.25) is 0 Å². The van der Waals surface area contributed by atoms with Gasteiger partial charge < -0.3 is 5.11 Å². The molecule has 1 heterocycles. The summed E-state index contributed by atoms with van der Waals surface area (Å²) >= 11 is -0.652. The molecule has 3 N–H and O–H groups in total. The zero-order chi connectivity index (χ0) is 23.2. The number of aromatic nitrogens is 2. The van der Waals surface area contributed by atoms with Gasteiger partial charge in [-0.05, 0) is 18.6 Å². The Kier molecular flexibility index (Phi) is 7.04. The second kappa shape index (κ2) is 10.3. The Labute approximate surface area is 201 Å². The second-order valence-electron chi connectivity index (χ2n) is 7.20. The molecule has 0 aliphatic carbocycles. The number of nitrogens with one attached hydrogen (secondary N) is 2. The van der Waals surface area contributed by atoms with E-state index in [4.69, 9.17) is 3.07 Å². The monoisotopic (exact) mass is 554 g/mol. The van der Waals surface area contributed by atoms with Crippen molar-refractivity contribution in [3.63, 3.8) is 0 Å². The van der Waals surface area contributed by atoms with Crippen molar-refractivity contribution in [2.24, 2.45) is 0 Å². The summed E-state index contributed by atoms with van der Waals surface area (Å²) in [6.45, 7) is 1.78. The summed E-state index contributed by atoms with van der Waals surface area (Å²) in [5, 5.41) is 12.6. The van der Waals surface area contributed by atoms with E-state index in [9.17, 15) is 14.7 Å². The Balaban J connectivity index is 1.43. The topological polar surface area (TPSA) is 104 Å². The minimum atomic E-state index is -0.652. The van der Waals surface area contributed by atoms with Crippen LogP contribution in [-0.4, -0.2) is 25.5 Å². The van der Waals surface area contributed by atoms with E-state index in [1.807, 2.05) is 30.3 Å². The van der Waals surface area contributed by atoms with Gasteiger partial charge in [0, 0.05) is 0 Å². The first kappa shape index (κ1) is 22.5. The zero-order valence-corrected chi connectivity index (χ0v) is 19.9. The third-order valence-electron chi connectivity index (χ3n) is 4.86. The van der Waals surface area contributed by atoms with Crippen LogP contribution in [0.25, 0.3) is 22.5 Å². The summed E-state index contributed by atoms with van der Waals surface area (Å²) in [6.07, 6.45) is 0. The van der Waals surface area contributed by atoms with Crippen LogP contribution < -0.4 is 35.7 Å². The van der Waals surface area contributed by atoms with E-state index in [0.29, 0.717) is 27.1 Å². The van der Waals surface area contributed by atoms with Crippen LogP contribution in [-0.2, 0) is 0 Å². The Morgan fingerprint density at radius 2 is 1.76 bits per heavy atom. The molecule has 0 fully saturated rings. The molecule has 0 spiro atoms. The molecule has 0 aliphatic rings. The SMILES string of the molecule is Cc1cc(-c2cc(-c3ccc(C(=O)NC[I-]Oc4ccccc4)cc3)[nH]c(=O)n2)ccc1O. The van der Waals surface area contributed by atoms with Crippen LogP contribution in [0.1, 0.15) is 15.9 Å². The van der Waals surface area contributed by atoms with E-state index in [1.165, 1.54) is 0 Å². The molecule has 4 aromatic rings. The van der Waals surface area contributed by atoms with Crippen molar-refractivity contribution >= 4 is 5.91 Å². The van der Waals surface area contributed by atoms with Crippen LogP contribution in [0.15, 0.2) is 83.7 Å². The summed E-state index contributed by atoms with van der Waals surface area (Å²) in [5.74, 6) is 0.810. The van der Waals surface area contributed by atoms with E-state index < -0.39 is 27.3 Å². The molecule has 0 unspecified atom stereocenters. The standard InChI is InChI=1S/C25H21IN3O4/c1-16-13-19(11-12-23(16)30)22-14-21(28-25(32)29-22)17-7-9-18(10-8-17)24(31)27-15-26-33-20-5-3-2-4-6-20/h2-14,30H,15H2,1H3,(H,27,31)(H,28,29,32)/q-1. The molecular weight excluding hydrogens is 533 g/mol. The number of hydrogen-bond acceptors (Lipinski definition) is 5. The second-order valence-corrected chi connectivity index (χ2v) is 9.03. The molecule has 0 bridgehead atoms. The summed E-state index contributed by atoms with van der Waals surface area (Å²) in [6, 6.07) is 23.3. The maximum atomic E-state index is 12.4. The molecule has 0 aliphatic heterocycles. The first-order chi connectivity index (χ1) is 16.0. The molecule has 0 radical (unpaired) electrons. The number of para-hydroxylation sites is 1. The Hall–Kier alpha value is -3.66. The summed E-state index contributed by atoms with van der Waals surface area (Å²) in [4.78, 5) is 31.3. The number of carbonyl (C=O) groups is 1. The van der Waals surface area contributed by atoms with E-state index >= 15 is 0 Å². The quantitative estimate of drug-likeness (QED) is 0.136. The zero-order valence-electron chi connectivity index (χ0n) is 17.7. The number of rotatable bonds is 7. The minimum Gasteiger partial charge on any atom is -0.508 e. The van der Waals surface area contributed by atoms with Crippen molar-refractivity contribution in [1.82, 2.24) is 15.3 Å². The fourth-order valence-electron chi connectivity index (χ4n) is 3.13. The molecule has 1 aromatic heterocycles. The van der Waals surface area contributed by atoms with Gasteiger partial charge in [0.25, 0.3) is 0 Å². The summed E-state index contributed by atoms with van der Waals surface area (Å²) in [7, 11) is 0. The summed E-state index contributed by atoms with van der Waals surface area (Å²) < 4.78 is 6.17. The third-order valence-corrected chi connectivity index (χ3v) is 6.38. The molecule has 168 valence electrons. The van der Waals surface area contributed by atoms with Crippen LogP contribution in [0.4, 0.5) is 0 Å². The van der Waals surface area contributed by atoms with Crippen LogP contribution in [0, 0.1) is 6.92 Å². The molecule has 7 nitrogen and oxygen atoms in total. The van der Waals surface area contributed by atoms with E-state index in [2.05, 4.69) is 15.3 Å². The van der Waals surface area contributed by atoms with E-state index in [0.717, 1.165) is 16.9 Å². The van der Waals surface area contributed by atoms with Crippen molar-refractivity contribution in [2.45, 2.75) is 6.92 Å². The number of carbonyl (C=O) groups excluding carboxylic acids is 1. The molecule has 0 saturated heterocycles. The van der Waals surface area contributed by atoms with Gasteiger partial charge in [0.2, 0.25) is 0 Å². The Morgan fingerprint density at radius 3 is 2.48 bits per heavy atom. The van der Waals surface area contributed by atoms with Crippen molar-refractivity contribution in [1.29, 1.82) is 0 Å². The van der Waals surface area contributed by atoms with Gasteiger partial charge in [0.15, 0.2) is 0 Å². The smallest absolute Gasteiger partial charge is 0.508 e. The van der Waals surface area contributed by atoms with Gasteiger partial charge in [-0.15, -0.1) is 0 Å². The number of aryl methyl sites for hydroxylation is 1. The van der Waals surface area contributed by atoms with Crippen LogP contribution in [0.3, 0.4) is 0 Å². The number of aromatic hydroxyl groups is 1. The fourth-order valence-corrected chi connectivity index (χ4v) is 4.44. The van der Waals surface area contributed by atoms with Crippen LogP contribution in [0.5, 0.6) is 11.5 Å². The molecule has 0 atom stereocenters.